The van der Waals surface area contributed by atoms with E-state index in [2.05, 4.69) is 28.1 Å². The predicted octanol–water partition coefficient (Wildman–Crippen LogP) is 5.10. The van der Waals surface area contributed by atoms with Crippen LogP contribution in [0.25, 0.3) is 11.1 Å². The third kappa shape index (κ3) is 2.90. The van der Waals surface area contributed by atoms with Crippen LogP contribution in [-0.2, 0) is 12.8 Å². The molecule has 1 aliphatic carbocycles. The first-order chi connectivity index (χ1) is 11.7. The number of anilines is 1. The highest BCUT2D eigenvalue weighted by Gasteiger charge is 2.23. The fraction of sp³-hybridized carbons (Fsp3) is 0.300. The molecule has 0 fully saturated rings. The number of rotatable bonds is 1. The first kappa shape index (κ1) is 16.6. The molecule has 0 amide bonds. The molecule has 0 atom stereocenters. The molecule has 1 aliphatic rings. The number of nitrogens with two attached hydrogens (primary N) is 1. The zero-order valence-electron chi connectivity index (χ0n) is 13.4. The van der Waals surface area contributed by atoms with Crippen molar-refractivity contribution in [1.82, 2.24) is 0 Å². The maximum atomic E-state index is 9.71. The van der Waals surface area contributed by atoms with Gasteiger partial charge in [-0.15, -0.1) is 0 Å². The van der Waals surface area contributed by atoms with Crippen molar-refractivity contribution in [2.24, 2.45) is 0 Å². The standard InChI is InChI=1S/C20H18BrN3/c21-14-9-7-13(8-10-14)19-16-6-4-2-1-3-5-15(16)17(11-22)20(24)18(19)12-23/h7-10H,1-6,24H2. The molecule has 0 unspecified atom stereocenters. The zero-order chi connectivity index (χ0) is 17.1. The van der Waals surface area contributed by atoms with Crippen LogP contribution in [0.2, 0.25) is 0 Å². The predicted molar refractivity (Wildman–Crippen MR) is 99.3 cm³/mol. The van der Waals surface area contributed by atoms with Gasteiger partial charge in [0.1, 0.15) is 12.1 Å². The van der Waals surface area contributed by atoms with Crippen molar-refractivity contribution in [3.8, 4) is 23.3 Å². The summed E-state index contributed by atoms with van der Waals surface area (Å²) in [5, 5.41) is 19.3. The van der Waals surface area contributed by atoms with Crippen LogP contribution in [0.4, 0.5) is 5.69 Å². The smallest absolute Gasteiger partial charge is 0.102 e. The molecule has 120 valence electrons. The summed E-state index contributed by atoms with van der Waals surface area (Å²) in [4.78, 5) is 0. The molecule has 0 bridgehead atoms. The molecule has 0 heterocycles. The second-order valence-corrected chi connectivity index (χ2v) is 7.06. The monoisotopic (exact) mass is 379 g/mol. The molecule has 24 heavy (non-hydrogen) atoms. The Labute approximate surface area is 150 Å². The Hall–Kier alpha value is -2.30. The third-order valence-electron chi connectivity index (χ3n) is 4.72. The summed E-state index contributed by atoms with van der Waals surface area (Å²) in [6.45, 7) is 0. The van der Waals surface area contributed by atoms with Gasteiger partial charge in [0.2, 0.25) is 0 Å². The van der Waals surface area contributed by atoms with Gasteiger partial charge in [0.25, 0.3) is 0 Å². The van der Waals surface area contributed by atoms with Gasteiger partial charge in [0.15, 0.2) is 0 Å². The molecule has 0 radical (unpaired) electrons. The molecule has 0 aliphatic heterocycles. The summed E-state index contributed by atoms with van der Waals surface area (Å²) in [5.74, 6) is 0. The highest BCUT2D eigenvalue weighted by molar-refractivity contribution is 9.10. The molecule has 3 rings (SSSR count). The molecule has 2 aromatic carbocycles. The van der Waals surface area contributed by atoms with E-state index < -0.39 is 0 Å². The van der Waals surface area contributed by atoms with Gasteiger partial charge in [-0.3, -0.25) is 0 Å². The van der Waals surface area contributed by atoms with Crippen LogP contribution in [0.1, 0.15) is 47.9 Å². The van der Waals surface area contributed by atoms with Crippen LogP contribution < -0.4 is 5.73 Å². The lowest BCUT2D eigenvalue weighted by molar-refractivity contribution is 0.617. The summed E-state index contributed by atoms with van der Waals surface area (Å²) in [5.41, 5.74) is 11.6. The van der Waals surface area contributed by atoms with Crippen molar-refractivity contribution >= 4 is 21.6 Å². The Morgan fingerprint density at radius 3 is 2.00 bits per heavy atom. The summed E-state index contributed by atoms with van der Waals surface area (Å²) < 4.78 is 0.995. The van der Waals surface area contributed by atoms with Crippen LogP contribution in [-0.4, -0.2) is 0 Å². The summed E-state index contributed by atoms with van der Waals surface area (Å²) in [7, 11) is 0. The van der Waals surface area contributed by atoms with Crippen LogP contribution in [0.15, 0.2) is 28.7 Å². The first-order valence-electron chi connectivity index (χ1n) is 8.20. The first-order valence-corrected chi connectivity index (χ1v) is 9.00. The van der Waals surface area contributed by atoms with E-state index in [1.165, 1.54) is 12.8 Å². The number of nitriles is 2. The van der Waals surface area contributed by atoms with E-state index in [-0.39, 0.29) is 0 Å². The van der Waals surface area contributed by atoms with E-state index in [1.54, 1.807) is 0 Å². The van der Waals surface area contributed by atoms with Gasteiger partial charge in [0, 0.05) is 10.0 Å². The largest absolute Gasteiger partial charge is 0.397 e. The zero-order valence-corrected chi connectivity index (χ0v) is 15.0. The second kappa shape index (κ2) is 7.07. The third-order valence-corrected chi connectivity index (χ3v) is 5.25. The van der Waals surface area contributed by atoms with Crippen molar-refractivity contribution in [3.05, 3.63) is 51.0 Å². The van der Waals surface area contributed by atoms with Crippen LogP contribution in [0.3, 0.4) is 0 Å². The van der Waals surface area contributed by atoms with E-state index in [1.807, 2.05) is 24.3 Å². The molecule has 0 saturated carbocycles. The fourth-order valence-electron chi connectivity index (χ4n) is 3.56. The molecule has 2 N–H and O–H groups in total. The van der Waals surface area contributed by atoms with Crippen LogP contribution in [0.5, 0.6) is 0 Å². The molecular weight excluding hydrogens is 362 g/mol. The number of nitrogen functional groups attached to an aromatic ring is 1. The fourth-order valence-corrected chi connectivity index (χ4v) is 3.83. The summed E-state index contributed by atoms with van der Waals surface area (Å²) in [6.07, 6.45) is 6.26. The lowest BCUT2D eigenvalue weighted by atomic mass is 9.81. The van der Waals surface area contributed by atoms with E-state index in [0.29, 0.717) is 16.8 Å². The molecule has 4 heteroatoms. The molecular formula is C20H18BrN3. The topological polar surface area (TPSA) is 73.6 Å². The second-order valence-electron chi connectivity index (χ2n) is 6.14. The summed E-state index contributed by atoms with van der Waals surface area (Å²) >= 11 is 3.46. The van der Waals surface area contributed by atoms with Gasteiger partial charge in [0.05, 0.1) is 16.8 Å². The average Bonchev–Trinajstić information content (AvgIpc) is 2.56. The normalized spacial score (nSPS) is 14.0. The SMILES string of the molecule is N#Cc1c(N)c(C#N)c(-c2ccc(Br)cc2)c2c1CCCCCC2. The van der Waals surface area contributed by atoms with Crippen molar-refractivity contribution in [2.75, 3.05) is 5.73 Å². The molecule has 2 aromatic rings. The molecule has 0 spiro atoms. The van der Waals surface area contributed by atoms with Gasteiger partial charge in [-0.25, -0.2) is 0 Å². The number of benzene rings is 2. The number of hydrogen-bond donors (Lipinski definition) is 1. The van der Waals surface area contributed by atoms with Gasteiger partial charge in [-0.05, 0) is 54.5 Å². The van der Waals surface area contributed by atoms with E-state index in [0.717, 1.165) is 52.4 Å². The maximum absolute atomic E-state index is 9.71. The Balaban J connectivity index is 2.36. The Morgan fingerprint density at radius 1 is 0.833 bits per heavy atom. The van der Waals surface area contributed by atoms with Crippen molar-refractivity contribution < 1.29 is 0 Å². The van der Waals surface area contributed by atoms with Gasteiger partial charge in [-0.1, -0.05) is 40.9 Å². The number of fused-ring (bicyclic) bond motifs is 1. The minimum Gasteiger partial charge on any atom is -0.397 e. The minimum atomic E-state index is 0.331. The average molecular weight is 380 g/mol. The van der Waals surface area contributed by atoms with Crippen molar-refractivity contribution in [3.63, 3.8) is 0 Å². The highest BCUT2D eigenvalue weighted by atomic mass is 79.9. The van der Waals surface area contributed by atoms with E-state index >= 15 is 0 Å². The Morgan fingerprint density at radius 2 is 1.42 bits per heavy atom. The van der Waals surface area contributed by atoms with Gasteiger partial charge < -0.3 is 5.73 Å². The molecule has 3 nitrogen and oxygen atoms in total. The highest BCUT2D eigenvalue weighted by Crippen LogP contribution is 2.39. The maximum Gasteiger partial charge on any atom is 0.102 e. The van der Waals surface area contributed by atoms with Gasteiger partial charge in [-0.2, -0.15) is 10.5 Å². The van der Waals surface area contributed by atoms with E-state index in [9.17, 15) is 10.5 Å². The molecule has 0 aromatic heterocycles. The lowest BCUT2D eigenvalue weighted by Gasteiger charge is -2.22. The van der Waals surface area contributed by atoms with Gasteiger partial charge >= 0.3 is 0 Å². The number of hydrogen-bond acceptors (Lipinski definition) is 3. The lowest BCUT2D eigenvalue weighted by Crippen LogP contribution is -2.10. The van der Waals surface area contributed by atoms with Crippen LogP contribution in [0, 0.1) is 22.7 Å². The van der Waals surface area contributed by atoms with Crippen molar-refractivity contribution in [2.45, 2.75) is 38.5 Å². The minimum absolute atomic E-state index is 0.331. The summed E-state index contributed by atoms with van der Waals surface area (Å²) in [6, 6.07) is 12.5. The quantitative estimate of drug-likeness (QED) is 0.700. The molecule has 0 saturated heterocycles. The number of nitrogens with zero attached hydrogens (tertiary/aromatic N) is 2. The Kier molecular flexibility index (Phi) is 4.88. The van der Waals surface area contributed by atoms with Crippen molar-refractivity contribution in [1.29, 1.82) is 10.5 Å². The Bertz CT molecular complexity index is 855. The van der Waals surface area contributed by atoms with Crippen LogP contribution >= 0.6 is 15.9 Å². The number of halogens is 1. The van der Waals surface area contributed by atoms with E-state index in [4.69, 9.17) is 5.73 Å².